The Labute approximate surface area is 152 Å². The summed E-state index contributed by atoms with van der Waals surface area (Å²) in [5.74, 6) is -0.120. The number of carbonyl (C=O) groups is 2. The second-order valence-electron chi connectivity index (χ2n) is 6.68. The smallest absolute Gasteiger partial charge is 0.319 e. The monoisotopic (exact) mass is 355 g/mol. The zero-order valence-electron chi connectivity index (χ0n) is 14.9. The second-order valence-corrected chi connectivity index (χ2v) is 6.68. The Kier molecular flexibility index (Phi) is 5.21. The van der Waals surface area contributed by atoms with Crippen molar-refractivity contribution in [2.24, 2.45) is 5.92 Å². The van der Waals surface area contributed by atoms with Crippen molar-refractivity contribution in [2.75, 3.05) is 10.6 Å². The van der Waals surface area contributed by atoms with Crippen LogP contribution in [0.1, 0.15) is 29.5 Å². The number of halogens is 1. The molecule has 3 rings (SSSR count). The van der Waals surface area contributed by atoms with Gasteiger partial charge >= 0.3 is 6.03 Å². The molecule has 5 nitrogen and oxygen atoms in total. The highest BCUT2D eigenvalue weighted by molar-refractivity contribution is 5.96. The van der Waals surface area contributed by atoms with Gasteiger partial charge in [-0.05, 0) is 61.6 Å². The normalized spacial score (nSPS) is 13.2. The molecule has 6 heteroatoms. The zero-order valence-corrected chi connectivity index (χ0v) is 14.9. The third kappa shape index (κ3) is 4.59. The number of nitrogens with one attached hydrogen (secondary N) is 3. The van der Waals surface area contributed by atoms with E-state index in [0.29, 0.717) is 23.5 Å². The average molecular weight is 355 g/mol. The third-order valence-corrected chi connectivity index (χ3v) is 4.38. The van der Waals surface area contributed by atoms with Crippen LogP contribution in [0.4, 0.5) is 20.6 Å². The van der Waals surface area contributed by atoms with Crippen molar-refractivity contribution in [3.63, 3.8) is 0 Å². The zero-order chi connectivity index (χ0) is 18.7. The maximum atomic E-state index is 13.3. The minimum atomic E-state index is -0.360. The van der Waals surface area contributed by atoms with Crippen molar-refractivity contribution in [1.29, 1.82) is 0 Å². The van der Waals surface area contributed by atoms with Gasteiger partial charge in [-0.3, -0.25) is 4.79 Å². The predicted molar refractivity (Wildman–Crippen MR) is 99.5 cm³/mol. The first-order valence-electron chi connectivity index (χ1n) is 8.64. The Morgan fingerprint density at radius 2 is 1.81 bits per heavy atom. The summed E-state index contributed by atoms with van der Waals surface area (Å²) in [5.41, 5.74) is 3.55. The summed E-state index contributed by atoms with van der Waals surface area (Å²) < 4.78 is 13.3. The van der Waals surface area contributed by atoms with E-state index < -0.39 is 0 Å². The molecule has 2 aromatic carbocycles. The Hall–Kier alpha value is -2.89. The first-order chi connectivity index (χ1) is 12.4. The fraction of sp³-hybridized carbons (Fsp3) is 0.300. The molecule has 0 heterocycles. The van der Waals surface area contributed by atoms with E-state index in [9.17, 15) is 14.0 Å². The van der Waals surface area contributed by atoms with Gasteiger partial charge in [0.05, 0.1) is 0 Å². The quantitative estimate of drug-likeness (QED) is 0.755. The largest absolute Gasteiger partial charge is 0.334 e. The summed E-state index contributed by atoms with van der Waals surface area (Å²) in [6.07, 6.45) is 1.88. The molecule has 0 atom stereocenters. The highest BCUT2D eigenvalue weighted by Crippen LogP contribution is 2.30. The van der Waals surface area contributed by atoms with Gasteiger partial charge in [0, 0.05) is 23.8 Å². The lowest BCUT2D eigenvalue weighted by molar-refractivity contribution is -0.117. The molecule has 0 saturated heterocycles. The van der Waals surface area contributed by atoms with Gasteiger partial charge in [-0.25, -0.2) is 9.18 Å². The van der Waals surface area contributed by atoms with Gasteiger partial charge in [0.15, 0.2) is 0 Å². The van der Waals surface area contributed by atoms with Crippen LogP contribution >= 0.6 is 0 Å². The SMILES string of the molecule is Cc1cc(CNC(=O)Nc2cc(NC(=O)C3CC3)ccc2C)ccc1F. The topological polar surface area (TPSA) is 70.2 Å². The van der Waals surface area contributed by atoms with Crippen LogP contribution in [-0.4, -0.2) is 11.9 Å². The molecule has 1 aliphatic carbocycles. The lowest BCUT2D eigenvalue weighted by atomic mass is 10.1. The van der Waals surface area contributed by atoms with Crippen molar-refractivity contribution in [3.05, 3.63) is 58.9 Å². The van der Waals surface area contributed by atoms with Crippen LogP contribution in [0.25, 0.3) is 0 Å². The van der Waals surface area contributed by atoms with E-state index in [1.807, 2.05) is 19.1 Å². The maximum absolute atomic E-state index is 13.3. The van der Waals surface area contributed by atoms with Gasteiger partial charge in [0.1, 0.15) is 5.82 Å². The molecule has 0 spiro atoms. The van der Waals surface area contributed by atoms with Crippen LogP contribution in [-0.2, 0) is 11.3 Å². The van der Waals surface area contributed by atoms with E-state index in [1.54, 1.807) is 25.1 Å². The highest BCUT2D eigenvalue weighted by Gasteiger charge is 2.29. The fourth-order valence-electron chi connectivity index (χ4n) is 2.59. The van der Waals surface area contributed by atoms with Gasteiger partial charge in [0.2, 0.25) is 5.91 Å². The van der Waals surface area contributed by atoms with Gasteiger partial charge < -0.3 is 16.0 Å². The maximum Gasteiger partial charge on any atom is 0.319 e. The van der Waals surface area contributed by atoms with E-state index in [0.717, 1.165) is 24.0 Å². The number of anilines is 2. The standard InChI is InChI=1S/C20H22FN3O2/c1-12-3-7-16(23-19(25)15-5-6-15)10-18(12)24-20(26)22-11-14-4-8-17(21)13(2)9-14/h3-4,7-10,15H,5-6,11H2,1-2H3,(H,23,25)(H2,22,24,26). The molecule has 1 fully saturated rings. The van der Waals surface area contributed by atoms with Crippen LogP contribution in [0.5, 0.6) is 0 Å². The number of carbonyl (C=O) groups excluding carboxylic acids is 2. The van der Waals surface area contributed by atoms with Crippen LogP contribution < -0.4 is 16.0 Å². The molecule has 136 valence electrons. The molecule has 2 aromatic rings. The molecule has 0 unspecified atom stereocenters. The van der Waals surface area contributed by atoms with Gasteiger partial charge in [-0.15, -0.1) is 0 Å². The van der Waals surface area contributed by atoms with Crippen LogP contribution in [0.3, 0.4) is 0 Å². The van der Waals surface area contributed by atoms with Crippen molar-refractivity contribution >= 4 is 23.3 Å². The molecular weight excluding hydrogens is 333 g/mol. The Bertz CT molecular complexity index is 847. The molecule has 1 aliphatic rings. The Balaban J connectivity index is 1.59. The summed E-state index contributed by atoms with van der Waals surface area (Å²) >= 11 is 0. The summed E-state index contributed by atoms with van der Waals surface area (Å²) in [6, 6.07) is 9.79. The number of hydrogen-bond acceptors (Lipinski definition) is 2. The van der Waals surface area contributed by atoms with Crippen molar-refractivity contribution in [2.45, 2.75) is 33.2 Å². The van der Waals surface area contributed by atoms with Crippen LogP contribution in [0, 0.1) is 25.6 Å². The average Bonchev–Trinajstić information content (AvgIpc) is 3.44. The number of benzene rings is 2. The first kappa shape index (κ1) is 17.9. The van der Waals surface area contributed by atoms with Crippen LogP contribution in [0.15, 0.2) is 36.4 Å². The molecule has 1 saturated carbocycles. The van der Waals surface area contributed by atoms with E-state index in [1.165, 1.54) is 6.07 Å². The minimum Gasteiger partial charge on any atom is -0.334 e. The number of urea groups is 1. The van der Waals surface area contributed by atoms with Gasteiger partial charge in [0.25, 0.3) is 0 Å². The predicted octanol–water partition coefficient (Wildman–Crippen LogP) is 4.11. The molecular formula is C20H22FN3O2. The van der Waals surface area contributed by atoms with E-state index in [-0.39, 0.29) is 23.7 Å². The van der Waals surface area contributed by atoms with Gasteiger partial charge in [-0.2, -0.15) is 0 Å². The molecule has 0 aromatic heterocycles. The lowest BCUT2D eigenvalue weighted by Crippen LogP contribution is -2.28. The summed E-state index contributed by atoms with van der Waals surface area (Å²) in [4.78, 5) is 24.0. The fourth-order valence-corrected chi connectivity index (χ4v) is 2.59. The molecule has 3 N–H and O–H groups in total. The Morgan fingerprint density at radius 3 is 2.50 bits per heavy atom. The summed E-state index contributed by atoms with van der Waals surface area (Å²) in [5, 5.41) is 8.41. The lowest BCUT2D eigenvalue weighted by Gasteiger charge is -2.12. The van der Waals surface area contributed by atoms with Crippen LogP contribution in [0.2, 0.25) is 0 Å². The summed E-state index contributed by atoms with van der Waals surface area (Å²) in [6.45, 7) is 3.86. The van der Waals surface area contributed by atoms with E-state index in [2.05, 4.69) is 16.0 Å². The second kappa shape index (κ2) is 7.56. The van der Waals surface area contributed by atoms with Crippen molar-refractivity contribution in [3.8, 4) is 0 Å². The summed E-state index contributed by atoms with van der Waals surface area (Å²) in [7, 11) is 0. The number of amides is 3. The van der Waals surface area contributed by atoms with E-state index in [4.69, 9.17) is 0 Å². The minimum absolute atomic E-state index is 0.0240. The van der Waals surface area contributed by atoms with Gasteiger partial charge in [-0.1, -0.05) is 18.2 Å². The third-order valence-electron chi connectivity index (χ3n) is 4.38. The molecule has 0 aliphatic heterocycles. The number of aryl methyl sites for hydroxylation is 2. The Morgan fingerprint density at radius 1 is 1.04 bits per heavy atom. The number of rotatable bonds is 5. The molecule has 0 bridgehead atoms. The molecule has 0 radical (unpaired) electrons. The first-order valence-corrected chi connectivity index (χ1v) is 8.64. The van der Waals surface area contributed by atoms with Crippen molar-refractivity contribution in [1.82, 2.24) is 5.32 Å². The molecule has 3 amide bonds. The molecule has 26 heavy (non-hydrogen) atoms. The number of hydrogen-bond donors (Lipinski definition) is 3. The van der Waals surface area contributed by atoms with E-state index >= 15 is 0 Å². The van der Waals surface area contributed by atoms with Crippen molar-refractivity contribution < 1.29 is 14.0 Å². The highest BCUT2D eigenvalue weighted by atomic mass is 19.1.